The molecule has 0 aromatic heterocycles. The number of carbonyl (C=O) groups excluding carboxylic acids is 2. The molecule has 0 bridgehead atoms. The first-order chi connectivity index (χ1) is 15.9. The van der Waals surface area contributed by atoms with Gasteiger partial charge in [0, 0.05) is 5.69 Å². The fourth-order valence-electron chi connectivity index (χ4n) is 3.37. The third kappa shape index (κ3) is 5.50. The number of benzene rings is 3. The number of rotatable bonds is 6. The second-order valence-corrected chi connectivity index (χ2v) is 9.25. The van der Waals surface area contributed by atoms with Crippen LogP contribution in [0.3, 0.4) is 0 Å². The number of thioether (sulfide) groups is 1. The average Bonchev–Trinajstić information content (AvgIpc) is 3.08. The Morgan fingerprint density at radius 3 is 2.48 bits per heavy atom. The van der Waals surface area contributed by atoms with E-state index in [-0.39, 0.29) is 18.4 Å². The normalized spacial score (nSPS) is 14.6. The molecule has 0 unspecified atom stereocenters. The van der Waals surface area contributed by atoms with E-state index in [1.807, 2.05) is 74.5 Å². The van der Waals surface area contributed by atoms with Gasteiger partial charge in [0.05, 0.1) is 10.6 Å². The van der Waals surface area contributed by atoms with Crippen LogP contribution in [0, 0.1) is 13.8 Å². The Bertz CT molecular complexity index is 1240. The second kappa shape index (κ2) is 10.0. The lowest BCUT2D eigenvalue weighted by Gasteiger charge is -2.13. The summed E-state index contributed by atoms with van der Waals surface area (Å²) in [7, 11) is 0. The molecule has 1 aliphatic rings. The first kappa shape index (κ1) is 22.8. The molecule has 166 valence electrons. The van der Waals surface area contributed by atoms with Gasteiger partial charge in [-0.15, -0.1) is 0 Å². The van der Waals surface area contributed by atoms with E-state index >= 15 is 0 Å². The van der Waals surface area contributed by atoms with Crippen LogP contribution >= 0.6 is 24.0 Å². The largest absolute Gasteiger partial charge is 0.484 e. The van der Waals surface area contributed by atoms with Gasteiger partial charge < -0.3 is 10.1 Å². The lowest BCUT2D eigenvalue weighted by molar-refractivity contribution is -0.118. The summed E-state index contributed by atoms with van der Waals surface area (Å²) in [6.07, 6.45) is 1.80. The molecule has 0 radical (unpaired) electrons. The minimum atomic E-state index is -0.226. The van der Waals surface area contributed by atoms with Crippen LogP contribution in [0.4, 0.5) is 11.4 Å². The minimum Gasteiger partial charge on any atom is -0.484 e. The molecule has 1 aliphatic heterocycles. The molecule has 0 spiro atoms. The predicted molar refractivity (Wildman–Crippen MR) is 139 cm³/mol. The van der Waals surface area contributed by atoms with E-state index in [0.29, 0.717) is 15.0 Å². The van der Waals surface area contributed by atoms with Gasteiger partial charge in [0.15, 0.2) is 10.9 Å². The highest BCUT2D eigenvalue weighted by Crippen LogP contribution is 2.36. The van der Waals surface area contributed by atoms with Crippen molar-refractivity contribution in [2.75, 3.05) is 16.8 Å². The smallest absolute Gasteiger partial charge is 0.270 e. The summed E-state index contributed by atoms with van der Waals surface area (Å²) < 4.78 is 6.11. The van der Waals surface area contributed by atoms with Gasteiger partial charge in [-0.3, -0.25) is 14.5 Å². The molecule has 1 N–H and O–H groups in total. The average molecular weight is 475 g/mol. The maximum Gasteiger partial charge on any atom is 0.270 e. The molecule has 1 heterocycles. The van der Waals surface area contributed by atoms with Gasteiger partial charge in [-0.05, 0) is 61.4 Å². The molecule has 33 heavy (non-hydrogen) atoms. The van der Waals surface area contributed by atoms with Gasteiger partial charge in [-0.1, -0.05) is 72.0 Å². The van der Waals surface area contributed by atoms with Crippen LogP contribution in [-0.2, 0) is 9.59 Å². The van der Waals surface area contributed by atoms with Crippen molar-refractivity contribution >= 4 is 57.6 Å². The third-order valence-corrected chi connectivity index (χ3v) is 6.31. The lowest BCUT2D eigenvalue weighted by Crippen LogP contribution is -2.27. The van der Waals surface area contributed by atoms with Crippen LogP contribution in [0.1, 0.15) is 16.7 Å². The van der Waals surface area contributed by atoms with E-state index in [0.717, 1.165) is 28.1 Å². The monoisotopic (exact) mass is 474 g/mol. The van der Waals surface area contributed by atoms with Gasteiger partial charge in [0.1, 0.15) is 5.75 Å². The third-order valence-electron chi connectivity index (χ3n) is 5.01. The Balaban J connectivity index is 1.36. The van der Waals surface area contributed by atoms with E-state index in [1.165, 1.54) is 16.7 Å². The zero-order valence-electron chi connectivity index (χ0n) is 18.2. The maximum atomic E-state index is 12.8. The fraction of sp³-hybridized carbons (Fsp3) is 0.115. The molecule has 3 aromatic rings. The molecular formula is C26H22N2O3S2. The first-order valence-electron chi connectivity index (χ1n) is 10.3. The standard InChI is InChI=1S/C26H22N2O3S2/c1-17-8-13-22(18(2)14-17)27-24(29)16-31-21-11-9-19(10-12-21)15-23-25(30)28(26(32)33-23)20-6-4-3-5-7-20/h3-15H,16H2,1-2H3,(H,27,29)/b23-15-. The second-order valence-electron chi connectivity index (χ2n) is 7.58. The fourth-order valence-corrected chi connectivity index (χ4v) is 4.67. The summed E-state index contributed by atoms with van der Waals surface area (Å²) >= 11 is 6.68. The highest BCUT2D eigenvalue weighted by Gasteiger charge is 2.33. The summed E-state index contributed by atoms with van der Waals surface area (Å²) in [5.74, 6) is 0.204. The Kier molecular flexibility index (Phi) is 6.91. The molecule has 0 aliphatic carbocycles. The van der Waals surface area contributed by atoms with Crippen molar-refractivity contribution < 1.29 is 14.3 Å². The highest BCUT2D eigenvalue weighted by atomic mass is 32.2. The summed E-state index contributed by atoms with van der Waals surface area (Å²) in [5.41, 5.74) is 4.52. The van der Waals surface area contributed by atoms with Crippen molar-refractivity contribution in [2.45, 2.75) is 13.8 Å². The number of anilines is 2. The topological polar surface area (TPSA) is 58.6 Å². The zero-order valence-corrected chi connectivity index (χ0v) is 19.8. The number of ether oxygens (including phenoxy) is 1. The molecule has 1 saturated heterocycles. The Morgan fingerprint density at radius 2 is 1.79 bits per heavy atom. The van der Waals surface area contributed by atoms with E-state index in [1.54, 1.807) is 18.2 Å². The predicted octanol–water partition coefficient (Wildman–Crippen LogP) is 5.73. The van der Waals surface area contributed by atoms with E-state index in [2.05, 4.69) is 5.32 Å². The van der Waals surface area contributed by atoms with Gasteiger partial charge in [0.25, 0.3) is 11.8 Å². The van der Waals surface area contributed by atoms with Crippen molar-refractivity contribution in [3.63, 3.8) is 0 Å². The van der Waals surface area contributed by atoms with Crippen molar-refractivity contribution in [1.29, 1.82) is 0 Å². The van der Waals surface area contributed by atoms with Gasteiger partial charge >= 0.3 is 0 Å². The van der Waals surface area contributed by atoms with Crippen LogP contribution in [0.25, 0.3) is 6.08 Å². The Labute approximate surface area is 202 Å². The number of hydrogen-bond acceptors (Lipinski definition) is 5. The van der Waals surface area contributed by atoms with E-state index < -0.39 is 0 Å². The molecule has 7 heteroatoms. The van der Waals surface area contributed by atoms with Crippen molar-refractivity contribution in [1.82, 2.24) is 0 Å². The van der Waals surface area contributed by atoms with Gasteiger partial charge in [-0.25, -0.2) is 0 Å². The van der Waals surface area contributed by atoms with E-state index in [9.17, 15) is 9.59 Å². The van der Waals surface area contributed by atoms with Crippen LogP contribution in [0.5, 0.6) is 5.75 Å². The Hall–Kier alpha value is -3.42. The summed E-state index contributed by atoms with van der Waals surface area (Å²) in [6.45, 7) is 3.87. The van der Waals surface area contributed by atoms with Crippen molar-refractivity contribution in [3.05, 3.63) is 94.4 Å². The van der Waals surface area contributed by atoms with E-state index in [4.69, 9.17) is 17.0 Å². The molecule has 3 aromatic carbocycles. The van der Waals surface area contributed by atoms with Gasteiger partial charge in [-0.2, -0.15) is 0 Å². The summed E-state index contributed by atoms with van der Waals surface area (Å²) in [5, 5.41) is 2.86. The number of thiocarbonyl (C=S) groups is 1. The molecule has 5 nitrogen and oxygen atoms in total. The van der Waals surface area contributed by atoms with Gasteiger partial charge in [0.2, 0.25) is 0 Å². The molecule has 0 saturated carbocycles. The number of nitrogens with zero attached hydrogens (tertiary/aromatic N) is 1. The number of nitrogens with one attached hydrogen (secondary N) is 1. The maximum absolute atomic E-state index is 12.8. The van der Waals surface area contributed by atoms with Crippen LogP contribution in [0.15, 0.2) is 77.7 Å². The number of aryl methyl sites for hydroxylation is 2. The molecule has 0 atom stereocenters. The minimum absolute atomic E-state index is 0.0948. The number of amides is 2. The Morgan fingerprint density at radius 1 is 1.06 bits per heavy atom. The highest BCUT2D eigenvalue weighted by molar-refractivity contribution is 8.27. The zero-order chi connectivity index (χ0) is 23.4. The summed E-state index contributed by atoms with van der Waals surface area (Å²) in [6, 6.07) is 22.4. The van der Waals surface area contributed by atoms with Crippen LogP contribution in [-0.4, -0.2) is 22.7 Å². The van der Waals surface area contributed by atoms with Crippen molar-refractivity contribution in [3.8, 4) is 5.75 Å². The molecule has 2 amide bonds. The quantitative estimate of drug-likeness (QED) is 0.365. The lowest BCUT2D eigenvalue weighted by atomic mass is 10.1. The van der Waals surface area contributed by atoms with Crippen LogP contribution in [0.2, 0.25) is 0 Å². The van der Waals surface area contributed by atoms with Crippen LogP contribution < -0.4 is 15.0 Å². The molecule has 1 fully saturated rings. The first-order valence-corrected chi connectivity index (χ1v) is 11.6. The molecule has 4 rings (SSSR count). The summed E-state index contributed by atoms with van der Waals surface area (Å²) in [4.78, 5) is 27.2. The number of carbonyl (C=O) groups is 2. The van der Waals surface area contributed by atoms with Crippen molar-refractivity contribution in [2.24, 2.45) is 0 Å². The number of para-hydroxylation sites is 1. The SMILES string of the molecule is Cc1ccc(NC(=O)COc2ccc(/C=C3\SC(=S)N(c4ccccc4)C3=O)cc2)c(C)c1. The number of hydrogen-bond donors (Lipinski definition) is 1. The molecular weight excluding hydrogens is 452 g/mol.